The largest absolute Gasteiger partial charge is 0.392 e. The first-order valence-electron chi connectivity index (χ1n) is 5.25. The zero-order valence-corrected chi connectivity index (χ0v) is 9.25. The molecule has 2 aromatic rings. The van der Waals surface area contributed by atoms with Gasteiger partial charge in [0.2, 0.25) is 0 Å². The van der Waals surface area contributed by atoms with E-state index in [4.69, 9.17) is 15.6 Å². The SMILES string of the molecule is Nc1ncnc2c1ncn2[C@@H]1OCC(CO)=C1F. The number of hydrogen-bond donors (Lipinski definition) is 2. The first kappa shape index (κ1) is 11.1. The smallest absolute Gasteiger partial charge is 0.189 e. The van der Waals surface area contributed by atoms with Crippen molar-refractivity contribution in [2.75, 3.05) is 18.9 Å². The molecule has 0 radical (unpaired) electrons. The quantitative estimate of drug-likeness (QED) is 0.788. The lowest BCUT2D eigenvalue weighted by Crippen LogP contribution is -2.09. The van der Waals surface area contributed by atoms with Gasteiger partial charge in [-0.25, -0.2) is 19.3 Å². The summed E-state index contributed by atoms with van der Waals surface area (Å²) >= 11 is 0. The van der Waals surface area contributed by atoms with Gasteiger partial charge >= 0.3 is 0 Å². The highest BCUT2D eigenvalue weighted by Crippen LogP contribution is 2.32. The summed E-state index contributed by atoms with van der Waals surface area (Å²) in [6.45, 7) is -0.320. The van der Waals surface area contributed by atoms with Crippen molar-refractivity contribution in [1.29, 1.82) is 0 Å². The van der Waals surface area contributed by atoms with Crippen LogP contribution in [0, 0.1) is 0 Å². The monoisotopic (exact) mass is 251 g/mol. The van der Waals surface area contributed by atoms with Gasteiger partial charge in [0.25, 0.3) is 0 Å². The molecule has 3 rings (SSSR count). The molecule has 0 saturated heterocycles. The van der Waals surface area contributed by atoms with Crippen LogP contribution in [0.3, 0.4) is 0 Å². The topological polar surface area (TPSA) is 99.1 Å². The zero-order chi connectivity index (χ0) is 12.7. The average Bonchev–Trinajstić information content (AvgIpc) is 2.93. The molecule has 2 aromatic heterocycles. The van der Waals surface area contributed by atoms with E-state index in [1.165, 1.54) is 17.2 Å². The number of aliphatic hydroxyl groups excluding tert-OH is 1. The van der Waals surface area contributed by atoms with Crippen molar-refractivity contribution in [2.24, 2.45) is 0 Å². The first-order chi connectivity index (χ1) is 8.72. The number of fused-ring (bicyclic) bond motifs is 1. The van der Waals surface area contributed by atoms with E-state index in [2.05, 4.69) is 15.0 Å². The van der Waals surface area contributed by atoms with Crippen molar-refractivity contribution in [1.82, 2.24) is 19.5 Å². The van der Waals surface area contributed by atoms with Crippen molar-refractivity contribution in [3.63, 3.8) is 0 Å². The summed E-state index contributed by atoms with van der Waals surface area (Å²) in [7, 11) is 0. The maximum absolute atomic E-state index is 13.9. The van der Waals surface area contributed by atoms with Crippen LogP contribution >= 0.6 is 0 Å². The number of nitrogens with zero attached hydrogens (tertiary/aromatic N) is 4. The molecule has 0 unspecified atom stereocenters. The number of aliphatic hydroxyl groups is 1. The fourth-order valence-electron chi connectivity index (χ4n) is 1.86. The number of anilines is 1. The van der Waals surface area contributed by atoms with Crippen LogP contribution in [-0.4, -0.2) is 37.8 Å². The molecule has 1 aliphatic heterocycles. The van der Waals surface area contributed by atoms with Crippen molar-refractivity contribution in [3.05, 3.63) is 24.1 Å². The Kier molecular flexibility index (Phi) is 2.46. The Hall–Kier alpha value is -2.06. The molecule has 7 nitrogen and oxygen atoms in total. The van der Waals surface area contributed by atoms with Crippen LogP contribution in [0.4, 0.5) is 10.2 Å². The minimum atomic E-state index is -0.952. The van der Waals surface area contributed by atoms with Crippen LogP contribution < -0.4 is 5.73 Å². The maximum Gasteiger partial charge on any atom is 0.189 e. The summed E-state index contributed by atoms with van der Waals surface area (Å²) in [6, 6.07) is 0. The summed E-state index contributed by atoms with van der Waals surface area (Å²) in [6.07, 6.45) is 1.71. The van der Waals surface area contributed by atoms with Gasteiger partial charge in [0.1, 0.15) is 11.8 Å². The van der Waals surface area contributed by atoms with Gasteiger partial charge in [-0.3, -0.25) is 4.57 Å². The summed E-state index contributed by atoms with van der Waals surface area (Å²) < 4.78 is 20.6. The fraction of sp³-hybridized carbons (Fsp3) is 0.300. The van der Waals surface area contributed by atoms with E-state index < -0.39 is 12.1 Å². The lowest BCUT2D eigenvalue weighted by atomic mass is 10.3. The van der Waals surface area contributed by atoms with Gasteiger partial charge in [-0.2, -0.15) is 0 Å². The van der Waals surface area contributed by atoms with Gasteiger partial charge in [-0.05, 0) is 0 Å². The van der Waals surface area contributed by atoms with Gasteiger partial charge < -0.3 is 15.6 Å². The Morgan fingerprint density at radius 2 is 2.33 bits per heavy atom. The molecule has 0 aromatic carbocycles. The normalized spacial score (nSPS) is 20.0. The average molecular weight is 251 g/mol. The third-order valence-corrected chi connectivity index (χ3v) is 2.80. The first-order valence-corrected chi connectivity index (χ1v) is 5.25. The van der Waals surface area contributed by atoms with E-state index in [-0.39, 0.29) is 24.6 Å². The second-order valence-electron chi connectivity index (χ2n) is 3.86. The summed E-state index contributed by atoms with van der Waals surface area (Å²) in [5.41, 5.74) is 6.65. The van der Waals surface area contributed by atoms with E-state index in [0.29, 0.717) is 11.2 Å². The van der Waals surface area contributed by atoms with Crippen molar-refractivity contribution >= 4 is 17.0 Å². The number of halogens is 1. The highest BCUT2D eigenvalue weighted by molar-refractivity contribution is 5.81. The predicted octanol–water partition coefficient (Wildman–Crippen LogP) is 0.153. The molecule has 3 heterocycles. The molecule has 0 fully saturated rings. The zero-order valence-electron chi connectivity index (χ0n) is 9.25. The van der Waals surface area contributed by atoms with Gasteiger partial charge in [-0.15, -0.1) is 0 Å². The molecule has 1 aliphatic rings. The minimum Gasteiger partial charge on any atom is -0.392 e. The molecular weight excluding hydrogens is 241 g/mol. The molecule has 8 heteroatoms. The van der Waals surface area contributed by atoms with E-state index >= 15 is 0 Å². The number of hydrogen-bond acceptors (Lipinski definition) is 6. The molecule has 18 heavy (non-hydrogen) atoms. The Morgan fingerprint density at radius 3 is 3.06 bits per heavy atom. The van der Waals surface area contributed by atoms with E-state index in [0.717, 1.165) is 0 Å². The number of nitrogen functional groups attached to an aromatic ring is 1. The van der Waals surface area contributed by atoms with Crippen LogP contribution in [0.1, 0.15) is 6.23 Å². The van der Waals surface area contributed by atoms with Crippen LogP contribution in [0.25, 0.3) is 11.2 Å². The Balaban J connectivity index is 2.11. The number of nitrogens with two attached hydrogens (primary N) is 1. The van der Waals surface area contributed by atoms with Crippen molar-refractivity contribution < 1.29 is 14.2 Å². The molecule has 0 bridgehead atoms. The molecule has 0 aliphatic carbocycles. The van der Waals surface area contributed by atoms with E-state index in [1.54, 1.807) is 0 Å². The molecule has 0 amide bonds. The van der Waals surface area contributed by atoms with E-state index in [1.807, 2.05) is 0 Å². The maximum atomic E-state index is 13.9. The predicted molar refractivity (Wildman–Crippen MR) is 59.9 cm³/mol. The van der Waals surface area contributed by atoms with Crippen LogP contribution in [-0.2, 0) is 4.74 Å². The number of aromatic nitrogens is 4. The molecule has 0 spiro atoms. The fourth-order valence-corrected chi connectivity index (χ4v) is 1.86. The van der Waals surface area contributed by atoms with Crippen molar-refractivity contribution in [2.45, 2.75) is 6.23 Å². The van der Waals surface area contributed by atoms with Crippen LogP contribution in [0.2, 0.25) is 0 Å². The molecule has 3 N–H and O–H groups in total. The van der Waals surface area contributed by atoms with Gasteiger partial charge in [-0.1, -0.05) is 0 Å². The molecule has 0 saturated carbocycles. The summed E-state index contributed by atoms with van der Waals surface area (Å²) in [5, 5.41) is 8.96. The molecule has 1 atom stereocenters. The summed E-state index contributed by atoms with van der Waals surface area (Å²) in [4.78, 5) is 11.8. The van der Waals surface area contributed by atoms with Gasteiger partial charge in [0.15, 0.2) is 23.5 Å². The lowest BCUT2D eigenvalue weighted by Gasteiger charge is -2.11. The number of rotatable bonds is 2. The van der Waals surface area contributed by atoms with E-state index in [9.17, 15) is 4.39 Å². The Morgan fingerprint density at radius 1 is 1.50 bits per heavy atom. The third kappa shape index (κ3) is 1.46. The van der Waals surface area contributed by atoms with Gasteiger partial charge in [0.05, 0.1) is 19.5 Å². The highest BCUT2D eigenvalue weighted by atomic mass is 19.1. The van der Waals surface area contributed by atoms with Crippen molar-refractivity contribution in [3.8, 4) is 0 Å². The minimum absolute atomic E-state index is 0.0488. The Bertz CT molecular complexity index is 638. The molecular formula is C10H10FN5O2. The van der Waals surface area contributed by atoms with Crippen LogP contribution in [0.15, 0.2) is 24.1 Å². The second kappa shape index (κ2) is 4.00. The molecule has 94 valence electrons. The number of imidazole rings is 1. The lowest BCUT2D eigenvalue weighted by molar-refractivity contribution is 0.0560. The number of ether oxygens (including phenoxy) is 1. The second-order valence-corrected chi connectivity index (χ2v) is 3.86. The summed E-state index contributed by atoms with van der Waals surface area (Å²) in [5.74, 6) is -0.294. The standard InChI is InChI=1S/C10H10FN5O2/c11-6-5(1-17)2-18-10(6)16-4-15-7-8(12)13-3-14-9(7)16/h3-4,10,17H,1-2H2,(H2,12,13,14)/t10-/m1/s1. The third-order valence-electron chi connectivity index (χ3n) is 2.80. The highest BCUT2D eigenvalue weighted by Gasteiger charge is 2.29. The van der Waals surface area contributed by atoms with Crippen LogP contribution in [0.5, 0.6) is 0 Å². The Labute approximate surface area is 101 Å². The van der Waals surface area contributed by atoms with Gasteiger partial charge in [0, 0.05) is 5.57 Å².